The maximum atomic E-state index is 15.5. The monoisotopic (exact) mass is 494 g/mol. The van der Waals surface area contributed by atoms with Crippen LogP contribution in [0.5, 0.6) is 0 Å². The summed E-state index contributed by atoms with van der Waals surface area (Å²) in [6, 6.07) is 8.52. The van der Waals surface area contributed by atoms with Crippen molar-refractivity contribution in [2.45, 2.75) is 64.2 Å². The third kappa shape index (κ3) is 4.03. The summed E-state index contributed by atoms with van der Waals surface area (Å²) in [6.45, 7) is 3.73. The van der Waals surface area contributed by atoms with Crippen LogP contribution in [0.1, 0.15) is 61.8 Å². The summed E-state index contributed by atoms with van der Waals surface area (Å²) in [5.41, 5.74) is -4.31. The molecule has 0 unspecified atom stereocenters. The predicted octanol–water partition coefficient (Wildman–Crippen LogP) is 9.32. The molecule has 7 heteroatoms. The van der Waals surface area contributed by atoms with Crippen molar-refractivity contribution in [2.75, 3.05) is 0 Å². The van der Waals surface area contributed by atoms with Gasteiger partial charge in [0.05, 0.1) is 11.1 Å². The number of alkyl halides is 4. The van der Waals surface area contributed by atoms with Crippen molar-refractivity contribution >= 4 is 0 Å². The molecule has 0 heterocycles. The van der Waals surface area contributed by atoms with Crippen LogP contribution >= 0.6 is 0 Å². The van der Waals surface area contributed by atoms with Crippen molar-refractivity contribution in [3.63, 3.8) is 0 Å². The first-order chi connectivity index (χ1) is 16.6. The molecule has 0 aromatic heterocycles. The smallest absolute Gasteiger partial charge is 0.206 e. The van der Waals surface area contributed by atoms with Gasteiger partial charge < -0.3 is 0 Å². The van der Waals surface area contributed by atoms with Crippen LogP contribution in [0.2, 0.25) is 0 Å². The molecule has 3 aromatic carbocycles. The summed E-state index contributed by atoms with van der Waals surface area (Å²) in [5.74, 6) is -13.9. The Morgan fingerprint density at radius 2 is 1.17 bits per heavy atom. The fraction of sp³-hybridized carbons (Fsp3) is 0.357. The predicted molar refractivity (Wildman–Crippen MR) is 122 cm³/mol. The average molecular weight is 494 g/mol. The maximum Gasteiger partial charge on any atom is 0.343 e. The van der Waals surface area contributed by atoms with Crippen molar-refractivity contribution in [3.05, 3.63) is 82.2 Å². The van der Waals surface area contributed by atoms with Crippen molar-refractivity contribution in [3.8, 4) is 22.3 Å². The second-order valence-electron chi connectivity index (χ2n) is 8.98. The molecule has 0 spiro atoms. The SMILES string of the molecule is CCCCCc1ccc(-c2ccc3c(c2F)C(F)(F)C(F)(F)c2c-3ccc(CCC)c2F)c(F)c1. The highest BCUT2D eigenvalue weighted by Gasteiger charge is 2.65. The van der Waals surface area contributed by atoms with Gasteiger partial charge in [0.2, 0.25) is 0 Å². The van der Waals surface area contributed by atoms with Crippen molar-refractivity contribution in [2.24, 2.45) is 0 Å². The van der Waals surface area contributed by atoms with Gasteiger partial charge in [-0.1, -0.05) is 69.5 Å². The van der Waals surface area contributed by atoms with Crippen LogP contribution in [0.3, 0.4) is 0 Å². The van der Waals surface area contributed by atoms with E-state index in [1.54, 1.807) is 13.0 Å². The molecule has 0 atom stereocenters. The van der Waals surface area contributed by atoms with E-state index in [2.05, 4.69) is 0 Å². The van der Waals surface area contributed by atoms with E-state index in [-0.39, 0.29) is 17.5 Å². The normalized spacial score (nSPS) is 15.6. The first kappa shape index (κ1) is 25.3. The van der Waals surface area contributed by atoms with Crippen LogP contribution < -0.4 is 0 Å². The van der Waals surface area contributed by atoms with Gasteiger partial charge in [-0.2, -0.15) is 17.6 Å². The molecule has 1 aliphatic carbocycles. The quantitative estimate of drug-likeness (QED) is 0.227. The molecular formula is C28H25F7. The van der Waals surface area contributed by atoms with E-state index in [0.717, 1.165) is 37.5 Å². The standard InChI is InChI=1S/C28H25F7/c1-3-5-6-8-16-9-11-18(22(29)15-16)21-14-13-20-19-12-10-17(7-4-2)25(30)23(19)27(32,33)28(34,35)24(20)26(21)31/h9-15H,3-8H2,1-2H3. The number of benzene rings is 3. The molecule has 0 saturated heterocycles. The lowest BCUT2D eigenvalue weighted by molar-refractivity contribution is -0.227. The van der Waals surface area contributed by atoms with Gasteiger partial charge in [-0.3, -0.25) is 0 Å². The minimum absolute atomic E-state index is 0.0919. The second-order valence-corrected chi connectivity index (χ2v) is 8.98. The van der Waals surface area contributed by atoms with Gasteiger partial charge in [-0.05, 0) is 47.6 Å². The largest absolute Gasteiger partial charge is 0.343 e. The highest BCUT2D eigenvalue weighted by Crippen LogP contribution is 2.60. The van der Waals surface area contributed by atoms with Crippen LogP contribution in [-0.2, 0) is 24.7 Å². The Hall–Kier alpha value is -2.83. The fourth-order valence-electron chi connectivity index (χ4n) is 4.75. The molecule has 3 aromatic rings. The summed E-state index contributed by atoms with van der Waals surface area (Å²) >= 11 is 0. The summed E-state index contributed by atoms with van der Waals surface area (Å²) in [6.07, 6.45) is 3.88. The topological polar surface area (TPSA) is 0 Å². The Morgan fingerprint density at radius 1 is 0.600 bits per heavy atom. The molecule has 0 N–H and O–H groups in total. The fourth-order valence-corrected chi connectivity index (χ4v) is 4.75. The zero-order valence-electron chi connectivity index (χ0n) is 19.4. The summed E-state index contributed by atoms with van der Waals surface area (Å²) < 4.78 is 106. The van der Waals surface area contributed by atoms with E-state index in [4.69, 9.17) is 0 Å². The highest BCUT2D eigenvalue weighted by molar-refractivity contribution is 5.80. The number of rotatable bonds is 7. The van der Waals surface area contributed by atoms with E-state index in [1.165, 1.54) is 18.2 Å². The van der Waals surface area contributed by atoms with Crippen LogP contribution in [0.4, 0.5) is 30.7 Å². The van der Waals surface area contributed by atoms with Gasteiger partial charge in [-0.15, -0.1) is 0 Å². The molecule has 1 aliphatic rings. The first-order valence-corrected chi connectivity index (χ1v) is 11.8. The maximum absolute atomic E-state index is 15.5. The molecule has 0 saturated carbocycles. The van der Waals surface area contributed by atoms with Crippen molar-refractivity contribution in [1.29, 1.82) is 0 Å². The lowest BCUT2D eigenvalue weighted by Gasteiger charge is -2.36. The Bertz CT molecular complexity index is 1260. The van der Waals surface area contributed by atoms with Crippen LogP contribution in [0.25, 0.3) is 22.3 Å². The van der Waals surface area contributed by atoms with Gasteiger partial charge in [0.25, 0.3) is 0 Å². The minimum Gasteiger partial charge on any atom is -0.206 e. The van der Waals surface area contributed by atoms with Crippen LogP contribution in [0, 0.1) is 17.5 Å². The number of halogens is 7. The molecule has 0 amide bonds. The second kappa shape index (κ2) is 9.32. The Morgan fingerprint density at radius 3 is 1.77 bits per heavy atom. The van der Waals surface area contributed by atoms with Crippen LogP contribution in [-0.4, -0.2) is 0 Å². The van der Waals surface area contributed by atoms with E-state index in [0.29, 0.717) is 18.4 Å². The van der Waals surface area contributed by atoms with Gasteiger partial charge in [0.1, 0.15) is 17.5 Å². The third-order valence-corrected chi connectivity index (χ3v) is 6.59. The summed E-state index contributed by atoms with van der Waals surface area (Å²) in [4.78, 5) is 0. The molecule has 35 heavy (non-hydrogen) atoms. The van der Waals surface area contributed by atoms with Gasteiger partial charge >= 0.3 is 11.8 Å². The van der Waals surface area contributed by atoms with Gasteiger partial charge in [0, 0.05) is 11.1 Å². The molecular weight excluding hydrogens is 469 g/mol. The summed E-state index contributed by atoms with van der Waals surface area (Å²) in [7, 11) is 0. The Balaban J connectivity index is 1.88. The molecule has 0 fully saturated rings. The van der Waals surface area contributed by atoms with Crippen molar-refractivity contribution < 1.29 is 30.7 Å². The highest BCUT2D eigenvalue weighted by atomic mass is 19.3. The lowest BCUT2D eigenvalue weighted by atomic mass is 9.78. The molecule has 186 valence electrons. The van der Waals surface area contributed by atoms with Crippen molar-refractivity contribution in [1.82, 2.24) is 0 Å². The molecule has 0 aliphatic heterocycles. The van der Waals surface area contributed by atoms with Gasteiger partial charge in [-0.25, -0.2) is 13.2 Å². The van der Waals surface area contributed by atoms with E-state index in [1.807, 2.05) is 6.92 Å². The number of fused-ring (bicyclic) bond motifs is 3. The zero-order valence-corrected chi connectivity index (χ0v) is 19.4. The molecule has 0 bridgehead atoms. The van der Waals surface area contributed by atoms with E-state index >= 15 is 22.0 Å². The van der Waals surface area contributed by atoms with Crippen LogP contribution in [0.15, 0.2) is 42.5 Å². The molecule has 0 nitrogen and oxygen atoms in total. The Kier molecular flexibility index (Phi) is 6.73. The lowest BCUT2D eigenvalue weighted by Crippen LogP contribution is -2.41. The molecule has 0 radical (unpaired) electrons. The number of hydrogen-bond donors (Lipinski definition) is 0. The third-order valence-electron chi connectivity index (χ3n) is 6.59. The number of hydrogen-bond acceptors (Lipinski definition) is 0. The van der Waals surface area contributed by atoms with E-state index < -0.39 is 57.1 Å². The number of unbranched alkanes of at least 4 members (excludes halogenated alkanes) is 2. The summed E-state index contributed by atoms with van der Waals surface area (Å²) in [5, 5.41) is 0. The Labute approximate surface area is 199 Å². The molecule has 4 rings (SSSR count). The zero-order chi connectivity index (χ0) is 25.5. The minimum atomic E-state index is -5.04. The van der Waals surface area contributed by atoms with E-state index in [9.17, 15) is 8.78 Å². The first-order valence-electron chi connectivity index (χ1n) is 11.8. The van der Waals surface area contributed by atoms with Gasteiger partial charge in [0.15, 0.2) is 0 Å². The average Bonchev–Trinajstić information content (AvgIpc) is 2.79. The number of aryl methyl sites for hydroxylation is 2.